The number of hydrogen-bond acceptors (Lipinski definition) is 5. The molecule has 0 aromatic rings. The van der Waals surface area contributed by atoms with E-state index in [1.807, 2.05) is 0 Å². The summed E-state index contributed by atoms with van der Waals surface area (Å²) >= 11 is 0. The van der Waals surface area contributed by atoms with Gasteiger partial charge in [-0.1, -0.05) is 0 Å². The average molecular weight is 113 g/mol. The lowest BCUT2D eigenvalue weighted by atomic mass is 13.4. The van der Waals surface area contributed by atoms with Crippen molar-refractivity contribution in [1.82, 2.24) is 0 Å². The molecule has 0 bridgehead atoms. The second-order valence-electron chi connectivity index (χ2n) is 0.224. The third kappa shape index (κ3) is 9.26. The molecule has 0 heterocycles. The minimum Gasteiger partial charge on any atom is -0.209 e. The Bertz CT molecular complexity index is 28.7. The summed E-state index contributed by atoms with van der Waals surface area (Å²) in [5, 5.41) is 11.4. The molecule has 0 fully saturated rings. The van der Waals surface area contributed by atoms with Crippen molar-refractivity contribution in [2.45, 2.75) is 0 Å². The second kappa shape index (κ2) is 8.83. The van der Waals surface area contributed by atoms with Crippen LogP contribution in [0.25, 0.3) is 0 Å². The Morgan fingerprint density at radius 1 is 1.67 bits per heavy atom. The van der Waals surface area contributed by atoms with E-state index in [0.717, 1.165) is 0 Å². The van der Waals surface area contributed by atoms with Crippen LogP contribution in [0.2, 0.25) is 0 Å². The van der Waals surface area contributed by atoms with Crippen LogP contribution in [0.15, 0.2) is 5.34 Å². The van der Waals surface area contributed by atoms with Gasteiger partial charge in [0.1, 0.15) is 0 Å². The zero-order chi connectivity index (χ0) is 4.12. The Balaban J connectivity index is 0. The van der Waals surface area contributed by atoms with Crippen molar-refractivity contribution in [1.29, 1.82) is 0 Å². The van der Waals surface area contributed by atoms with E-state index in [1.54, 1.807) is 5.34 Å². The molecule has 6 heteroatoms. The van der Waals surface area contributed by atoms with Gasteiger partial charge in [-0.3, -0.25) is 0 Å². The van der Waals surface area contributed by atoms with Gasteiger partial charge in [-0.2, -0.15) is 9.90 Å². The molecule has 0 aliphatic carbocycles. The largest absolute Gasteiger partial charge is 0.209 e. The smallest absolute Gasteiger partial charge is 0.193 e. The van der Waals surface area contributed by atoms with Gasteiger partial charge in [0.15, 0.2) is 5.34 Å². The van der Waals surface area contributed by atoms with Gasteiger partial charge in [-0.05, 0) is 0 Å². The first-order chi connectivity index (χ1) is 2.41. The zero-order valence-corrected chi connectivity index (χ0v) is 4.24. The summed E-state index contributed by atoms with van der Waals surface area (Å²) < 4.78 is 0. The van der Waals surface area contributed by atoms with Gasteiger partial charge >= 0.3 is 0 Å². The maximum atomic E-state index is 8.65. The first-order valence-electron chi connectivity index (χ1n) is 0.714. The Hall–Kier alpha value is -0.250. The van der Waals surface area contributed by atoms with E-state index in [1.165, 1.54) is 0 Å². The summed E-state index contributed by atoms with van der Waals surface area (Å²) in [4.78, 5) is 11.6. The van der Waals surface area contributed by atoms with Crippen molar-refractivity contribution in [3.63, 3.8) is 0 Å². The lowest BCUT2D eigenvalue weighted by molar-refractivity contribution is -0.493. The molecule has 1 unspecified atom stereocenters. The van der Waals surface area contributed by atoms with Gasteiger partial charge in [0, 0.05) is 5.04 Å². The molecule has 0 rings (SSSR count). The predicted octanol–water partition coefficient (Wildman–Crippen LogP) is 0.147. The standard InChI is InChI=1S/HNO4.H3P/c2-1-4-5-3;/h3H;1H3. The lowest BCUT2D eigenvalue weighted by Crippen LogP contribution is -1.72. The van der Waals surface area contributed by atoms with Gasteiger partial charge in [-0.25, -0.2) is 5.26 Å². The summed E-state index contributed by atoms with van der Waals surface area (Å²) in [6.07, 6.45) is 0. The summed E-state index contributed by atoms with van der Waals surface area (Å²) in [6.45, 7) is 0. The molecule has 0 amide bonds. The molecule has 0 radical (unpaired) electrons. The van der Waals surface area contributed by atoms with Crippen LogP contribution in [0.5, 0.6) is 0 Å². The van der Waals surface area contributed by atoms with Crippen LogP contribution in [-0.2, 0) is 10.0 Å². The van der Waals surface area contributed by atoms with Gasteiger partial charge in [0.05, 0.1) is 0 Å². The monoisotopic (exact) mass is 113 g/mol. The van der Waals surface area contributed by atoms with E-state index >= 15 is 0 Å². The molecule has 0 saturated carbocycles. The van der Waals surface area contributed by atoms with Crippen molar-refractivity contribution in [2.75, 3.05) is 0 Å². The fraction of sp³-hybridized carbons (Fsp3) is 0. The fourth-order valence-electron chi connectivity index (χ4n) is 0.0136. The molecule has 1 atom stereocenters. The molecule has 0 aliphatic heterocycles. The predicted molar refractivity (Wildman–Crippen MR) is 21.7 cm³/mol. The molecule has 0 aromatic heterocycles. The number of nitrogens with zero attached hydrogens (tertiary/aromatic N) is 1. The molecule has 6 heavy (non-hydrogen) atoms. The van der Waals surface area contributed by atoms with Crippen LogP contribution in [0.1, 0.15) is 0 Å². The van der Waals surface area contributed by atoms with Crippen LogP contribution in [0, 0.1) is 4.91 Å². The Labute approximate surface area is 36.7 Å². The van der Waals surface area contributed by atoms with Gasteiger partial charge in [-0.15, -0.1) is 9.90 Å². The average Bonchev–Trinajstić information content (AvgIpc) is 1.41. The van der Waals surface area contributed by atoms with Crippen molar-refractivity contribution in [2.24, 2.45) is 5.34 Å². The fourth-order valence-corrected chi connectivity index (χ4v) is 0.0136. The van der Waals surface area contributed by atoms with E-state index in [2.05, 4.69) is 10.0 Å². The van der Waals surface area contributed by atoms with Gasteiger partial charge < -0.3 is 0 Å². The minimum atomic E-state index is 0. The molecular formula is H4NO4P. The Kier molecular flexibility index (Phi) is 13.6. The van der Waals surface area contributed by atoms with Crippen molar-refractivity contribution >= 4 is 9.90 Å². The Morgan fingerprint density at radius 2 is 2.17 bits per heavy atom. The van der Waals surface area contributed by atoms with E-state index in [4.69, 9.17) is 10.2 Å². The molecule has 0 aromatic carbocycles. The first kappa shape index (κ1) is 9.23. The quantitative estimate of drug-likeness (QED) is 0.239. The molecule has 0 saturated heterocycles. The van der Waals surface area contributed by atoms with E-state index in [0.29, 0.717) is 0 Å². The summed E-state index contributed by atoms with van der Waals surface area (Å²) in [5.41, 5.74) is 0. The number of hydrogen-bond donors (Lipinski definition) is 1. The maximum Gasteiger partial charge on any atom is 0.193 e. The van der Waals surface area contributed by atoms with Crippen LogP contribution in [-0.4, -0.2) is 5.26 Å². The molecule has 0 spiro atoms. The third-order valence-corrected chi connectivity index (χ3v) is 0.0638. The lowest BCUT2D eigenvalue weighted by Gasteiger charge is -1.72. The molecular weight excluding hydrogens is 109 g/mol. The highest BCUT2D eigenvalue weighted by Gasteiger charge is 1.64. The SMILES string of the molecule is O=NOOO.P. The van der Waals surface area contributed by atoms with Gasteiger partial charge in [0.2, 0.25) is 0 Å². The highest BCUT2D eigenvalue weighted by molar-refractivity contribution is 6.92. The molecule has 38 valence electrons. The van der Waals surface area contributed by atoms with E-state index < -0.39 is 0 Å². The van der Waals surface area contributed by atoms with E-state index in [-0.39, 0.29) is 9.90 Å². The van der Waals surface area contributed by atoms with Crippen LogP contribution < -0.4 is 0 Å². The second-order valence-corrected chi connectivity index (χ2v) is 0.224. The first-order valence-corrected chi connectivity index (χ1v) is 0.714. The normalized spacial score (nSPS) is 5.50. The third-order valence-electron chi connectivity index (χ3n) is 0.0638. The van der Waals surface area contributed by atoms with Gasteiger partial charge in [0.25, 0.3) is 0 Å². The molecule has 0 aliphatic rings. The van der Waals surface area contributed by atoms with Crippen LogP contribution in [0.3, 0.4) is 0 Å². The highest BCUT2D eigenvalue weighted by atomic mass is 31.0. The zero-order valence-electron chi connectivity index (χ0n) is 2.83. The Morgan fingerprint density at radius 3 is 2.17 bits per heavy atom. The van der Waals surface area contributed by atoms with Crippen LogP contribution in [0.4, 0.5) is 0 Å². The van der Waals surface area contributed by atoms with Crippen molar-refractivity contribution < 1.29 is 15.3 Å². The van der Waals surface area contributed by atoms with E-state index in [9.17, 15) is 0 Å². The minimum absolute atomic E-state index is 0. The summed E-state index contributed by atoms with van der Waals surface area (Å²) in [6, 6.07) is 0. The molecule has 5 nitrogen and oxygen atoms in total. The summed E-state index contributed by atoms with van der Waals surface area (Å²) in [5.74, 6) is 0. The maximum absolute atomic E-state index is 8.65. The molecule has 1 N–H and O–H groups in total. The van der Waals surface area contributed by atoms with Crippen LogP contribution >= 0.6 is 9.90 Å². The number of rotatable bonds is 2. The van der Waals surface area contributed by atoms with Crippen molar-refractivity contribution in [3.8, 4) is 0 Å². The topological polar surface area (TPSA) is 68.1 Å². The summed E-state index contributed by atoms with van der Waals surface area (Å²) in [7, 11) is 0. The van der Waals surface area contributed by atoms with Crippen molar-refractivity contribution in [3.05, 3.63) is 4.91 Å². The highest BCUT2D eigenvalue weighted by Crippen LogP contribution is 1.64.